The molecule has 1 aromatic heterocycles. The van der Waals surface area contributed by atoms with Crippen LogP contribution >= 0.6 is 11.8 Å². The summed E-state index contributed by atoms with van der Waals surface area (Å²) >= 11 is 1.93. The number of hydrogen-bond donors (Lipinski definition) is 0. The maximum absolute atomic E-state index is 12.9. The van der Waals surface area contributed by atoms with Gasteiger partial charge in [0.15, 0.2) is 0 Å². The highest BCUT2D eigenvalue weighted by molar-refractivity contribution is 7.99. The second kappa shape index (κ2) is 6.79. The molecule has 0 bridgehead atoms. The number of thioether (sulfide) groups is 1. The van der Waals surface area contributed by atoms with E-state index in [2.05, 4.69) is 4.98 Å². The van der Waals surface area contributed by atoms with E-state index < -0.39 is 0 Å². The molecule has 2 unspecified atom stereocenters. The van der Waals surface area contributed by atoms with E-state index >= 15 is 0 Å². The Morgan fingerprint density at radius 1 is 1.48 bits per heavy atom. The van der Waals surface area contributed by atoms with E-state index in [1.807, 2.05) is 29.7 Å². The van der Waals surface area contributed by atoms with Crippen molar-refractivity contribution in [2.75, 3.05) is 24.7 Å². The summed E-state index contributed by atoms with van der Waals surface area (Å²) in [6.07, 6.45) is 6.93. The van der Waals surface area contributed by atoms with Gasteiger partial charge in [0, 0.05) is 37.3 Å². The molecule has 3 rings (SSSR count). The molecule has 0 aliphatic carbocycles. The topological polar surface area (TPSA) is 42.4 Å². The lowest BCUT2D eigenvalue weighted by Crippen LogP contribution is -2.44. The van der Waals surface area contributed by atoms with Crippen molar-refractivity contribution < 1.29 is 9.53 Å². The molecular weight excluding hydrogens is 284 g/mol. The highest BCUT2D eigenvalue weighted by Gasteiger charge is 2.31. The average molecular weight is 306 g/mol. The Labute approximate surface area is 130 Å². The number of rotatable bonds is 4. The van der Waals surface area contributed by atoms with Crippen LogP contribution in [0.2, 0.25) is 0 Å². The van der Waals surface area contributed by atoms with Gasteiger partial charge in [0.25, 0.3) is 5.91 Å². The molecule has 2 fully saturated rings. The second-order valence-corrected chi connectivity index (χ2v) is 7.01. The van der Waals surface area contributed by atoms with Crippen LogP contribution in [-0.4, -0.2) is 52.6 Å². The van der Waals surface area contributed by atoms with Crippen molar-refractivity contribution in [1.82, 2.24) is 9.88 Å². The SMILES string of the molecule is Cc1cncc(C(=O)N(CC2CCCO2)C2CCSC2)c1. The zero-order chi connectivity index (χ0) is 14.7. The van der Waals surface area contributed by atoms with Gasteiger partial charge in [-0.3, -0.25) is 9.78 Å². The third kappa shape index (κ3) is 3.58. The molecule has 0 aromatic carbocycles. The molecular formula is C16H22N2O2S. The number of pyridine rings is 1. The van der Waals surface area contributed by atoms with Crippen molar-refractivity contribution in [2.24, 2.45) is 0 Å². The molecule has 2 aliphatic rings. The smallest absolute Gasteiger partial charge is 0.255 e. The minimum absolute atomic E-state index is 0.106. The van der Waals surface area contributed by atoms with Crippen molar-refractivity contribution in [1.29, 1.82) is 0 Å². The maximum Gasteiger partial charge on any atom is 0.255 e. The lowest BCUT2D eigenvalue weighted by molar-refractivity contribution is 0.0441. The third-order valence-electron chi connectivity index (χ3n) is 4.15. The second-order valence-electron chi connectivity index (χ2n) is 5.86. The van der Waals surface area contributed by atoms with Crippen LogP contribution < -0.4 is 0 Å². The number of aromatic nitrogens is 1. The first-order chi connectivity index (χ1) is 10.2. The Kier molecular flexibility index (Phi) is 4.80. The molecule has 1 aromatic rings. The number of amides is 1. The highest BCUT2D eigenvalue weighted by Crippen LogP contribution is 2.26. The van der Waals surface area contributed by atoms with Gasteiger partial charge in [0.2, 0.25) is 0 Å². The Bertz CT molecular complexity index is 497. The Hall–Kier alpha value is -1.07. The molecule has 21 heavy (non-hydrogen) atoms. The maximum atomic E-state index is 12.9. The van der Waals surface area contributed by atoms with Crippen molar-refractivity contribution in [2.45, 2.75) is 38.3 Å². The number of hydrogen-bond acceptors (Lipinski definition) is 4. The van der Waals surface area contributed by atoms with E-state index in [0.29, 0.717) is 11.6 Å². The molecule has 3 heterocycles. The number of nitrogens with zero attached hydrogens (tertiary/aromatic N) is 2. The molecule has 0 spiro atoms. The quantitative estimate of drug-likeness (QED) is 0.857. The molecule has 2 saturated heterocycles. The van der Waals surface area contributed by atoms with Crippen molar-refractivity contribution >= 4 is 17.7 Å². The van der Waals surface area contributed by atoms with Crippen molar-refractivity contribution in [3.05, 3.63) is 29.6 Å². The molecule has 114 valence electrons. The van der Waals surface area contributed by atoms with Gasteiger partial charge in [0.1, 0.15) is 0 Å². The highest BCUT2D eigenvalue weighted by atomic mass is 32.2. The number of ether oxygens (including phenoxy) is 1. The predicted molar refractivity (Wildman–Crippen MR) is 84.7 cm³/mol. The molecule has 0 radical (unpaired) electrons. The lowest BCUT2D eigenvalue weighted by Gasteiger charge is -2.30. The summed E-state index contributed by atoms with van der Waals surface area (Å²) in [5.74, 6) is 2.29. The summed E-state index contributed by atoms with van der Waals surface area (Å²) in [4.78, 5) is 19.1. The van der Waals surface area contributed by atoms with Crippen molar-refractivity contribution in [3.63, 3.8) is 0 Å². The fourth-order valence-electron chi connectivity index (χ4n) is 3.01. The van der Waals surface area contributed by atoms with Crippen LogP contribution in [0, 0.1) is 6.92 Å². The summed E-state index contributed by atoms with van der Waals surface area (Å²) in [5.41, 5.74) is 1.73. The van der Waals surface area contributed by atoms with Gasteiger partial charge in [0.05, 0.1) is 11.7 Å². The third-order valence-corrected chi connectivity index (χ3v) is 5.30. The van der Waals surface area contributed by atoms with Gasteiger partial charge < -0.3 is 9.64 Å². The largest absolute Gasteiger partial charge is 0.376 e. The van der Waals surface area contributed by atoms with Crippen LogP contribution in [0.5, 0.6) is 0 Å². The van der Waals surface area contributed by atoms with Crippen molar-refractivity contribution in [3.8, 4) is 0 Å². The molecule has 1 amide bonds. The van der Waals surface area contributed by atoms with Crippen LogP contribution in [-0.2, 0) is 4.74 Å². The summed E-state index contributed by atoms with van der Waals surface area (Å²) in [7, 11) is 0. The van der Waals surface area contributed by atoms with E-state index in [1.54, 1.807) is 12.4 Å². The zero-order valence-electron chi connectivity index (χ0n) is 12.5. The number of carbonyl (C=O) groups excluding carboxylic acids is 1. The number of carbonyl (C=O) groups is 1. The standard InChI is InChI=1S/C16H22N2O2S/c1-12-7-13(9-17-8-12)16(19)18(14-4-6-21-11-14)10-15-3-2-5-20-15/h7-9,14-15H,2-6,10-11H2,1H3. The van der Waals surface area contributed by atoms with E-state index in [0.717, 1.165) is 49.5 Å². The first kappa shape index (κ1) is 14.9. The lowest BCUT2D eigenvalue weighted by atomic mass is 10.1. The number of aryl methyl sites for hydroxylation is 1. The normalized spacial score (nSPS) is 25.2. The molecule has 0 N–H and O–H groups in total. The van der Waals surface area contributed by atoms with Crippen LogP contribution in [0.1, 0.15) is 35.2 Å². The Balaban J connectivity index is 1.77. The molecule has 2 aliphatic heterocycles. The van der Waals surface area contributed by atoms with E-state index in [4.69, 9.17) is 4.74 Å². The fourth-order valence-corrected chi connectivity index (χ4v) is 4.24. The zero-order valence-corrected chi connectivity index (χ0v) is 13.3. The molecule has 2 atom stereocenters. The molecule has 5 heteroatoms. The predicted octanol–water partition coefficient (Wildman–Crippen LogP) is 2.52. The van der Waals surface area contributed by atoms with Gasteiger partial charge in [-0.15, -0.1) is 0 Å². The van der Waals surface area contributed by atoms with E-state index in [1.165, 1.54) is 0 Å². The van der Waals surface area contributed by atoms with Gasteiger partial charge >= 0.3 is 0 Å². The van der Waals surface area contributed by atoms with Crippen LogP contribution in [0.15, 0.2) is 18.5 Å². The van der Waals surface area contributed by atoms with Gasteiger partial charge in [-0.05, 0) is 43.6 Å². The monoisotopic (exact) mass is 306 g/mol. The van der Waals surface area contributed by atoms with E-state index in [9.17, 15) is 4.79 Å². The minimum atomic E-state index is 0.106. The molecule has 0 saturated carbocycles. The summed E-state index contributed by atoms with van der Waals surface area (Å²) in [5, 5.41) is 0. The van der Waals surface area contributed by atoms with Crippen LogP contribution in [0.3, 0.4) is 0 Å². The summed E-state index contributed by atoms with van der Waals surface area (Å²) < 4.78 is 5.74. The first-order valence-electron chi connectivity index (χ1n) is 7.66. The fraction of sp³-hybridized carbons (Fsp3) is 0.625. The minimum Gasteiger partial charge on any atom is -0.376 e. The Morgan fingerprint density at radius 2 is 2.38 bits per heavy atom. The first-order valence-corrected chi connectivity index (χ1v) is 8.81. The van der Waals surface area contributed by atoms with E-state index in [-0.39, 0.29) is 12.0 Å². The summed E-state index contributed by atoms with van der Waals surface area (Å²) in [6, 6.07) is 2.27. The van der Waals surface area contributed by atoms with Gasteiger partial charge in [-0.1, -0.05) is 0 Å². The Morgan fingerprint density at radius 3 is 3.05 bits per heavy atom. The van der Waals surface area contributed by atoms with Gasteiger partial charge in [-0.2, -0.15) is 11.8 Å². The van der Waals surface area contributed by atoms with Crippen LogP contribution in [0.25, 0.3) is 0 Å². The van der Waals surface area contributed by atoms with Crippen LogP contribution in [0.4, 0.5) is 0 Å². The van der Waals surface area contributed by atoms with Gasteiger partial charge in [-0.25, -0.2) is 0 Å². The molecule has 4 nitrogen and oxygen atoms in total. The summed E-state index contributed by atoms with van der Waals surface area (Å²) in [6.45, 7) is 3.52. The average Bonchev–Trinajstić information content (AvgIpc) is 3.17.